The molecular weight excluding hydrogens is 414 g/mol. The highest BCUT2D eigenvalue weighted by molar-refractivity contribution is 5.90. The van der Waals surface area contributed by atoms with Gasteiger partial charge in [-0.2, -0.15) is 0 Å². The number of hydrogen-bond acceptors (Lipinski definition) is 5. The molecule has 176 valence electrons. The van der Waals surface area contributed by atoms with Crippen LogP contribution in [-0.2, 0) is 14.3 Å². The van der Waals surface area contributed by atoms with Crippen LogP contribution < -0.4 is 0 Å². The van der Waals surface area contributed by atoms with E-state index in [4.69, 9.17) is 9.47 Å². The summed E-state index contributed by atoms with van der Waals surface area (Å²) in [6.45, 7) is 10.6. The van der Waals surface area contributed by atoms with E-state index >= 15 is 0 Å². The lowest BCUT2D eigenvalue weighted by atomic mass is 9.72. The number of nitrogens with zero attached hydrogens (tertiary/aromatic N) is 1. The summed E-state index contributed by atoms with van der Waals surface area (Å²) in [5.41, 5.74) is 5.61. The second-order valence-electron chi connectivity index (χ2n) is 8.98. The van der Waals surface area contributed by atoms with Gasteiger partial charge in [0.25, 0.3) is 0 Å². The highest BCUT2D eigenvalue weighted by Gasteiger charge is 2.26. The number of esters is 2. The number of ether oxygens (including phenoxy) is 2. The third kappa shape index (κ3) is 9.05. The van der Waals surface area contributed by atoms with Crippen LogP contribution in [0.15, 0.2) is 83.3 Å². The first-order valence-corrected chi connectivity index (χ1v) is 11.3. The summed E-state index contributed by atoms with van der Waals surface area (Å²) in [5, 5.41) is 0. The van der Waals surface area contributed by atoms with E-state index in [1.807, 2.05) is 19.1 Å². The molecule has 0 unspecified atom stereocenters. The smallest absolute Gasteiger partial charge is 0.344 e. The van der Waals surface area contributed by atoms with Crippen molar-refractivity contribution in [3.63, 3.8) is 0 Å². The van der Waals surface area contributed by atoms with E-state index < -0.39 is 18.5 Å². The normalized spacial score (nSPS) is 17.0. The molecule has 0 N–H and O–H groups in total. The van der Waals surface area contributed by atoms with Gasteiger partial charge in [0, 0.05) is 12.4 Å². The van der Waals surface area contributed by atoms with Gasteiger partial charge in [0.05, 0.1) is 5.56 Å². The Morgan fingerprint density at radius 2 is 1.94 bits per heavy atom. The Labute approximate surface area is 197 Å². The number of carbonyl (C=O) groups is 2. The molecule has 0 radical (unpaired) electrons. The molecule has 0 atom stereocenters. The minimum absolute atomic E-state index is 0.116. The molecule has 1 aliphatic carbocycles. The quantitative estimate of drug-likeness (QED) is 0.326. The van der Waals surface area contributed by atoms with Crippen LogP contribution in [0.3, 0.4) is 0 Å². The molecule has 0 saturated carbocycles. The molecule has 0 aliphatic heterocycles. The van der Waals surface area contributed by atoms with E-state index in [1.54, 1.807) is 24.4 Å². The average molecular weight is 450 g/mol. The number of rotatable bonds is 9. The van der Waals surface area contributed by atoms with Gasteiger partial charge >= 0.3 is 11.9 Å². The molecule has 5 heteroatoms. The molecule has 0 fully saturated rings. The van der Waals surface area contributed by atoms with Crippen LogP contribution in [0.25, 0.3) is 0 Å². The van der Waals surface area contributed by atoms with E-state index in [1.165, 1.54) is 42.2 Å². The Bertz CT molecular complexity index is 978. The van der Waals surface area contributed by atoms with Gasteiger partial charge in [-0.3, -0.25) is 4.98 Å². The fourth-order valence-corrected chi connectivity index (χ4v) is 3.70. The molecule has 1 aromatic heterocycles. The number of hydrogen-bond donors (Lipinski definition) is 0. The molecular formula is C28H35NO4. The van der Waals surface area contributed by atoms with Crippen LogP contribution in [0.2, 0.25) is 0 Å². The fourth-order valence-electron chi connectivity index (χ4n) is 3.70. The standard InChI is InChI=1S/C28H35NO4/c1-21(13-14-25-23(3)11-7-16-28(25,4)5)9-6-10-22(2)15-18-32-26(30)20-33-27(31)24-12-8-17-29-19-24/h6,8-10,12-15,17,19H,7,11,16,18,20H2,1-5H3/b10-6+,14-13+,21-9-,22-15-. The van der Waals surface area contributed by atoms with E-state index in [0.717, 1.165) is 5.57 Å². The monoisotopic (exact) mass is 449 g/mol. The van der Waals surface area contributed by atoms with Crippen LogP contribution in [0, 0.1) is 5.41 Å². The summed E-state index contributed by atoms with van der Waals surface area (Å²) in [6, 6.07) is 3.19. The van der Waals surface area contributed by atoms with Gasteiger partial charge in [-0.25, -0.2) is 9.59 Å². The summed E-state index contributed by atoms with van der Waals surface area (Å²) in [4.78, 5) is 27.4. The van der Waals surface area contributed by atoms with Crippen molar-refractivity contribution in [2.24, 2.45) is 5.41 Å². The van der Waals surface area contributed by atoms with Gasteiger partial charge in [0.15, 0.2) is 6.61 Å². The first kappa shape index (κ1) is 26.0. The molecule has 0 spiro atoms. The topological polar surface area (TPSA) is 65.5 Å². The zero-order valence-electron chi connectivity index (χ0n) is 20.4. The van der Waals surface area contributed by atoms with E-state index in [2.05, 4.69) is 50.9 Å². The Hall–Kier alpha value is -3.21. The zero-order valence-corrected chi connectivity index (χ0v) is 20.4. The lowest BCUT2D eigenvalue weighted by Gasteiger charge is -2.32. The molecule has 1 aliphatic rings. The number of allylic oxidation sites excluding steroid dienone is 9. The van der Waals surface area contributed by atoms with Gasteiger partial charge in [-0.1, -0.05) is 60.9 Å². The zero-order chi connectivity index (χ0) is 24.3. The second kappa shape index (κ2) is 12.7. The van der Waals surface area contributed by atoms with E-state index in [9.17, 15) is 9.59 Å². The maximum Gasteiger partial charge on any atom is 0.344 e. The van der Waals surface area contributed by atoms with Crippen LogP contribution in [0.4, 0.5) is 0 Å². The molecule has 0 amide bonds. The lowest BCUT2D eigenvalue weighted by Crippen LogP contribution is -2.19. The van der Waals surface area contributed by atoms with Crippen molar-refractivity contribution in [2.75, 3.05) is 13.2 Å². The maximum atomic E-state index is 11.8. The first-order chi connectivity index (χ1) is 15.7. The summed E-state index contributed by atoms with van der Waals surface area (Å²) >= 11 is 0. The summed E-state index contributed by atoms with van der Waals surface area (Å²) in [6.07, 6.45) is 18.9. The van der Waals surface area contributed by atoms with Crippen LogP contribution in [0.5, 0.6) is 0 Å². The van der Waals surface area contributed by atoms with E-state index in [-0.39, 0.29) is 12.0 Å². The Morgan fingerprint density at radius 1 is 1.15 bits per heavy atom. The summed E-state index contributed by atoms with van der Waals surface area (Å²) in [7, 11) is 0. The van der Waals surface area contributed by atoms with Crippen molar-refractivity contribution in [1.82, 2.24) is 4.98 Å². The van der Waals surface area contributed by atoms with Crippen molar-refractivity contribution in [1.29, 1.82) is 0 Å². The first-order valence-electron chi connectivity index (χ1n) is 11.3. The minimum Gasteiger partial charge on any atom is -0.459 e. The van der Waals surface area contributed by atoms with Gasteiger partial charge in [-0.05, 0) is 69.2 Å². The molecule has 1 heterocycles. The molecule has 5 nitrogen and oxygen atoms in total. The molecule has 33 heavy (non-hydrogen) atoms. The predicted molar refractivity (Wildman–Crippen MR) is 132 cm³/mol. The molecule has 0 saturated heterocycles. The third-order valence-corrected chi connectivity index (χ3v) is 5.64. The Morgan fingerprint density at radius 3 is 2.64 bits per heavy atom. The van der Waals surface area contributed by atoms with Gasteiger partial charge < -0.3 is 9.47 Å². The van der Waals surface area contributed by atoms with Crippen molar-refractivity contribution in [3.8, 4) is 0 Å². The minimum atomic E-state index is -0.607. The maximum absolute atomic E-state index is 11.8. The third-order valence-electron chi connectivity index (χ3n) is 5.64. The molecule has 2 rings (SSSR count). The van der Waals surface area contributed by atoms with Crippen LogP contribution in [0.1, 0.15) is 64.2 Å². The Balaban J connectivity index is 1.77. The summed E-state index contributed by atoms with van der Waals surface area (Å²) < 4.78 is 10.0. The van der Waals surface area contributed by atoms with Gasteiger partial charge in [-0.15, -0.1) is 0 Å². The van der Waals surface area contributed by atoms with Crippen molar-refractivity contribution in [2.45, 2.75) is 53.9 Å². The van der Waals surface area contributed by atoms with Gasteiger partial charge in [0.2, 0.25) is 0 Å². The second-order valence-corrected chi connectivity index (χ2v) is 8.98. The Kier molecular flexibility index (Phi) is 10.0. The van der Waals surface area contributed by atoms with Crippen molar-refractivity contribution >= 4 is 11.9 Å². The average Bonchev–Trinajstić information content (AvgIpc) is 2.77. The summed E-state index contributed by atoms with van der Waals surface area (Å²) in [5.74, 6) is -1.21. The molecule has 1 aromatic rings. The van der Waals surface area contributed by atoms with Crippen LogP contribution >= 0.6 is 0 Å². The number of pyridine rings is 1. The lowest BCUT2D eigenvalue weighted by molar-refractivity contribution is -0.145. The SMILES string of the molecule is CC1=C(/C=C/C(C)=C\C=C\C(C)=C/COC(=O)COC(=O)c2cccnc2)C(C)(C)CCC1. The highest BCUT2D eigenvalue weighted by Crippen LogP contribution is 2.40. The van der Waals surface area contributed by atoms with Gasteiger partial charge in [0.1, 0.15) is 6.61 Å². The van der Waals surface area contributed by atoms with Crippen LogP contribution in [-0.4, -0.2) is 30.1 Å². The molecule has 0 aromatic carbocycles. The number of aromatic nitrogens is 1. The van der Waals surface area contributed by atoms with Crippen molar-refractivity contribution < 1.29 is 19.1 Å². The highest BCUT2D eigenvalue weighted by atomic mass is 16.6. The van der Waals surface area contributed by atoms with Crippen molar-refractivity contribution in [3.05, 3.63) is 88.8 Å². The van der Waals surface area contributed by atoms with E-state index in [0.29, 0.717) is 5.56 Å². The largest absolute Gasteiger partial charge is 0.459 e. The number of carbonyl (C=O) groups excluding carboxylic acids is 2. The predicted octanol–water partition coefficient (Wildman–Crippen LogP) is 6.31. The molecule has 0 bridgehead atoms. The fraction of sp³-hybridized carbons (Fsp3) is 0.393.